The van der Waals surface area contributed by atoms with Crippen molar-refractivity contribution in [2.75, 3.05) is 26.2 Å². The van der Waals surface area contributed by atoms with Gasteiger partial charge < -0.3 is 15.1 Å². The van der Waals surface area contributed by atoms with E-state index in [1.807, 2.05) is 0 Å². The second-order valence-electron chi connectivity index (χ2n) is 6.74. The van der Waals surface area contributed by atoms with Gasteiger partial charge in [0, 0.05) is 25.6 Å². The van der Waals surface area contributed by atoms with E-state index in [4.69, 9.17) is 0 Å². The van der Waals surface area contributed by atoms with Gasteiger partial charge >= 0.3 is 0 Å². The van der Waals surface area contributed by atoms with Crippen molar-refractivity contribution in [3.8, 4) is 0 Å². The van der Waals surface area contributed by atoms with E-state index in [0.29, 0.717) is 30.3 Å². The van der Waals surface area contributed by atoms with Crippen molar-refractivity contribution in [3.05, 3.63) is 0 Å². The minimum Gasteiger partial charge on any atom is -0.396 e. The lowest BCUT2D eigenvalue weighted by Crippen LogP contribution is -2.46. The molecule has 0 aromatic rings. The summed E-state index contributed by atoms with van der Waals surface area (Å²) in [7, 11) is 0. The molecule has 1 saturated carbocycles. The lowest BCUT2D eigenvalue weighted by molar-refractivity contribution is -0.0107. The van der Waals surface area contributed by atoms with E-state index in [9.17, 15) is 10.2 Å². The molecule has 18 heavy (non-hydrogen) atoms. The summed E-state index contributed by atoms with van der Waals surface area (Å²) >= 11 is 0. The topological polar surface area (TPSA) is 43.7 Å². The van der Waals surface area contributed by atoms with Crippen LogP contribution in [-0.4, -0.2) is 47.5 Å². The zero-order chi connectivity index (χ0) is 13.1. The van der Waals surface area contributed by atoms with Crippen molar-refractivity contribution in [3.63, 3.8) is 0 Å². The Balaban J connectivity index is 1.87. The van der Waals surface area contributed by atoms with Crippen LogP contribution in [0.15, 0.2) is 0 Å². The highest BCUT2D eigenvalue weighted by molar-refractivity contribution is 4.86. The van der Waals surface area contributed by atoms with Crippen LogP contribution in [0.5, 0.6) is 0 Å². The third-order valence-electron chi connectivity index (χ3n) is 4.97. The van der Waals surface area contributed by atoms with Gasteiger partial charge in [-0.2, -0.15) is 0 Å². The van der Waals surface area contributed by atoms with Crippen molar-refractivity contribution in [2.24, 2.45) is 23.7 Å². The van der Waals surface area contributed by atoms with Gasteiger partial charge in [-0.25, -0.2) is 0 Å². The van der Waals surface area contributed by atoms with E-state index >= 15 is 0 Å². The van der Waals surface area contributed by atoms with Crippen LogP contribution in [0, 0.1) is 23.7 Å². The summed E-state index contributed by atoms with van der Waals surface area (Å²) in [6.45, 7) is 8.03. The normalized spacial score (nSPS) is 43.0. The first-order chi connectivity index (χ1) is 8.60. The number of rotatable bonds is 3. The van der Waals surface area contributed by atoms with Crippen LogP contribution >= 0.6 is 0 Å². The summed E-state index contributed by atoms with van der Waals surface area (Å²) in [5.74, 6) is 2.17. The smallest absolute Gasteiger partial charge is 0.0585 e. The van der Waals surface area contributed by atoms with E-state index in [-0.39, 0.29) is 6.10 Å². The molecule has 1 aliphatic carbocycles. The molecular weight excluding hydrogens is 226 g/mol. The molecule has 0 spiro atoms. The van der Waals surface area contributed by atoms with Crippen molar-refractivity contribution in [2.45, 2.75) is 45.6 Å². The van der Waals surface area contributed by atoms with Crippen LogP contribution in [0.3, 0.4) is 0 Å². The third kappa shape index (κ3) is 3.46. The molecule has 5 unspecified atom stereocenters. The molecule has 3 heteroatoms. The molecule has 106 valence electrons. The molecule has 0 bridgehead atoms. The largest absolute Gasteiger partial charge is 0.396 e. The Morgan fingerprint density at radius 3 is 2.67 bits per heavy atom. The molecule has 2 rings (SSSR count). The maximum absolute atomic E-state index is 10.3. The second kappa shape index (κ2) is 6.36. The number of hydrogen-bond donors (Lipinski definition) is 2. The van der Waals surface area contributed by atoms with Crippen LogP contribution in [0.1, 0.15) is 39.5 Å². The highest BCUT2D eigenvalue weighted by Gasteiger charge is 2.34. The minimum absolute atomic E-state index is 0.127. The summed E-state index contributed by atoms with van der Waals surface area (Å²) < 4.78 is 0. The lowest BCUT2D eigenvalue weighted by Gasteiger charge is -2.41. The van der Waals surface area contributed by atoms with Crippen LogP contribution in [0.2, 0.25) is 0 Å². The van der Waals surface area contributed by atoms with E-state index in [0.717, 1.165) is 32.5 Å². The summed E-state index contributed by atoms with van der Waals surface area (Å²) in [4.78, 5) is 2.46. The highest BCUT2D eigenvalue weighted by atomic mass is 16.3. The Labute approximate surface area is 111 Å². The van der Waals surface area contributed by atoms with Gasteiger partial charge in [-0.3, -0.25) is 0 Å². The standard InChI is InChI=1S/C15H29NO2/c1-11-6-12(2)14(15(18)7-11)9-16-5-3-4-13(8-16)10-17/h11-15,17-18H,3-10H2,1-2H3. The van der Waals surface area contributed by atoms with Crippen LogP contribution < -0.4 is 0 Å². The lowest BCUT2D eigenvalue weighted by atomic mass is 9.73. The second-order valence-corrected chi connectivity index (χ2v) is 6.74. The molecule has 2 N–H and O–H groups in total. The summed E-state index contributed by atoms with van der Waals surface area (Å²) in [5, 5.41) is 19.6. The van der Waals surface area contributed by atoms with Gasteiger partial charge in [0.1, 0.15) is 0 Å². The number of likely N-dealkylation sites (tertiary alicyclic amines) is 1. The molecule has 5 atom stereocenters. The number of nitrogens with zero attached hydrogens (tertiary/aromatic N) is 1. The van der Waals surface area contributed by atoms with Gasteiger partial charge in [0.2, 0.25) is 0 Å². The molecule has 1 saturated heterocycles. The van der Waals surface area contributed by atoms with Crippen LogP contribution in [0.4, 0.5) is 0 Å². The van der Waals surface area contributed by atoms with Gasteiger partial charge in [-0.05, 0) is 50.0 Å². The number of hydrogen-bond acceptors (Lipinski definition) is 3. The Hall–Kier alpha value is -0.120. The fraction of sp³-hybridized carbons (Fsp3) is 1.00. The van der Waals surface area contributed by atoms with Gasteiger partial charge in [0.25, 0.3) is 0 Å². The number of aliphatic hydroxyl groups is 2. The molecule has 0 aromatic carbocycles. The molecule has 1 heterocycles. The van der Waals surface area contributed by atoms with Gasteiger partial charge in [-0.1, -0.05) is 13.8 Å². The highest BCUT2D eigenvalue weighted by Crippen LogP contribution is 2.34. The van der Waals surface area contributed by atoms with Gasteiger partial charge in [0.05, 0.1) is 6.10 Å². The predicted octanol–water partition coefficient (Wildman–Crippen LogP) is 1.73. The van der Waals surface area contributed by atoms with Crippen LogP contribution in [0.25, 0.3) is 0 Å². The Morgan fingerprint density at radius 1 is 1.22 bits per heavy atom. The molecule has 0 amide bonds. The monoisotopic (exact) mass is 255 g/mol. The zero-order valence-corrected chi connectivity index (χ0v) is 11.9. The van der Waals surface area contributed by atoms with Crippen molar-refractivity contribution < 1.29 is 10.2 Å². The average Bonchev–Trinajstić information content (AvgIpc) is 2.34. The van der Waals surface area contributed by atoms with E-state index in [1.165, 1.54) is 12.8 Å². The first-order valence-electron chi connectivity index (χ1n) is 7.61. The molecule has 3 nitrogen and oxygen atoms in total. The SMILES string of the molecule is CC1CC(C)C(CN2CCCC(CO)C2)C(O)C1. The summed E-state index contributed by atoms with van der Waals surface area (Å²) in [5.41, 5.74) is 0. The molecular formula is C15H29NO2. The van der Waals surface area contributed by atoms with Gasteiger partial charge in [0.15, 0.2) is 0 Å². The fourth-order valence-corrected chi connectivity index (χ4v) is 3.94. The molecule has 0 aromatic heterocycles. The predicted molar refractivity (Wildman–Crippen MR) is 73.3 cm³/mol. The molecule has 1 aliphatic heterocycles. The Bertz CT molecular complexity index is 247. The van der Waals surface area contributed by atoms with Crippen molar-refractivity contribution in [1.29, 1.82) is 0 Å². The Kier molecular flexibility index (Phi) is 5.05. The fourth-order valence-electron chi connectivity index (χ4n) is 3.94. The maximum atomic E-state index is 10.3. The average molecular weight is 255 g/mol. The first-order valence-corrected chi connectivity index (χ1v) is 7.61. The number of aliphatic hydroxyl groups excluding tert-OH is 2. The zero-order valence-electron chi connectivity index (χ0n) is 11.9. The van der Waals surface area contributed by atoms with E-state index < -0.39 is 0 Å². The summed E-state index contributed by atoms with van der Waals surface area (Å²) in [6, 6.07) is 0. The van der Waals surface area contributed by atoms with Gasteiger partial charge in [-0.15, -0.1) is 0 Å². The minimum atomic E-state index is -0.127. The first kappa shape index (κ1) is 14.3. The molecule has 2 aliphatic rings. The molecule has 2 fully saturated rings. The molecule has 0 radical (unpaired) electrons. The van der Waals surface area contributed by atoms with Crippen molar-refractivity contribution >= 4 is 0 Å². The van der Waals surface area contributed by atoms with Crippen molar-refractivity contribution in [1.82, 2.24) is 4.90 Å². The van der Waals surface area contributed by atoms with E-state index in [1.54, 1.807) is 0 Å². The third-order valence-corrected chi connectivity index (χ3v) is 4.97. The Morgan fingerprint density at radius 2 is 2.00 bits per heavy atom. The quantitative estimate of drug-likeness (QED) is 0.807. The van der Waals surface area contributed by atoms with Crippen LogP contribution in [-0.2, 0) is 0 Å². The number of piperidine rings is 1. The van der Waals surface area contributed by atoms with E-state index in [2.05, 4.69) is 18.7 Å². The maximum Gasteiger partial charge on any atom is 0.0585 e. The summed E-state index contributed by atoms with van der Waals surface area (Å²) in [6.07, 6.45) is 4.44.